The maximum absolute atomic E-state index is 12.1. The standard InChI is InChI=1S/C24H24N6O2/c1-17-16-18(23(31)26-11-9-25)2-7-21(17)22-8-10-27-24(29-22)28-19-3-5-20(6-4-19)30-12-14-32-15-13-30/h2-8,10,16H,11-15H2,1H3,(H,26,31)(H,27,28,29). The number of hydrogen-bond donors (Lipinski definition) is 2. The number of benzene rings is 2. The predicted octanol–water partition coefficient (Wildman–Crippen LogP) is 3.29. The highest BCUT2D eigenvalue weighted by molar-refractivity contribution is 5.95. The van der Waals surface area contributed by atoms with Crippen LogP contribution in [0.1, 0.15) is 15.9 Å². The minimum absolute atomic E-state index is 0.0198. The van der Waals surface area contributed by atoms with Gasteiger partial charge in [-0.2, -0.15) is 5.26 Å². The number of nitrogens with one attached hydrogen (secondary N) is 2. The van der Waals surface area contributed by atoms with Crippen molar-refractivity contribution in [2.45, 2.75) is 6.92 Å². The minimum Gasteiger partial charge on any atom is -0.378 e. The number of morpholine rings is 1. The van der Waals surface area contributed by atoms with Crippen LogP contribution < -0.4 is 15.5 Å². The quantitative estimate of drug-likeness (QED) is 0.581. The molecule has 1 aliphatic rings. The first kappa shape index (κ1) is 21.3. The van der Waals surface area contributed by atoms with Gasteiger partial charge in [0.25, 0.3) is 5.91 Å². The first-order valence-corrected chi connectivity index (χ1v) is 10.4. The molecule has 162 valence electrons. The highest BCUT2D eigenvalue weighted by Gasteiger charge is 2.12. The van der Waals surface area contributed by atoms with Crippen molar-refractivity contribution in [3.8, 4) is 17.3 Å². The van der Waals surface area contributed by atoms with Crippen molar-refractivity contribution in [2.75, 3.05) is 43.1 Å². The molecule has 0 unspecified atom stereocenters. The molecule has 1 amide bonds. The summed E-state index contributed by atoms with van der Waals surface area (Å²) in [4.78, 5) is 23.4. The van der Waals surface area contributed by atoms with Crippen LogP contribution in [0.15, 0.2) is 54.7 Å². The third-order valence-electron chi connectivity index (χ3n) is 5.25. The van der Waals surface area contributed by atoms with E-state index in [0.29, 0.717) is 11.5 Å². The Morgan fingerprint density at radius 3 is 2.66 bits per heavy atom. The Balaban J connectivity index is 1.48. The first-order valence-electron chi connectivity index (χ1n) is 10.4. The van der Waals surface area contributed by atoms with Gasteiger partial charge in [-0.15, -0.1) is 0 Å². The van der Waals surface area contributed by atoms with Gasteiger partial charge in [0, 0.05) is 41.8 Å². The average molecular weight is 428 g/mol. The summed E-state index contributed by atoms with van der Waals surface area (Å²) in [5.74, 6) is 0.226. The second kappa shape index (κ2) is 9.90. The number of carbonyl (C=O) groups excluding carboxylic acids is 1. The van der Waals surface area contributed by atoms with Crippen LogP contribution in [0.2, 0.25) is 0 Å². The number of anilines is 3. The number of aryl methyl sites for hydroxylation is 1. The molecule has 1 aromatic heterocycles. The topological polar surface area (TPSA) is 103 Å². The van der Waals surface area contributed by atoms with E-state index < -0.39 is 0 Å². The van der Waals surface area contributed by atoms with Crippen LogP contribution in [0.4, 0.5) is 17.3 Å². The van der Waals surface area contributed by atoms with Crippen molar-refractivity contribution in [3.05, 3.63) is 65.9 Å². The molecule has 2 aromatic carbocycles. The molecule has 1 saturated heterocycles. The lowest BCUT2D eigenvalue weighted by Crippen LogP contribution is -2.36. The van der Waals surface area contributed by atoms with Gasteiger partial charge in [-0.1, -0.05) is 6.07 Å². The molecule has 0 spiro atoms. The fraction of sp³-hybridized carbons (Fsp3) is 0.250. The van der Waals surface area contributed by atoms with Crippen molar-refractivity contribution in [2.24, 2.45) is 0 Å². The van der Waals surface area contributed by atoms with Crippen LogP contribution in [-0.2, 0) is 4.74 Å². The minimum atomic E-state index is -0.272. The number of aromatic nitrogens is 2. The van der Waals surface area contributed by atoms with Crippen molar-refractivity contribution >= 4 is 23.2 Å². The molecule has 4 rings (SSSR count). The van der Waals surface area contributed by atoms with E-state index in [1.54, 1.807) is 18.3 Å². The maximum atomic E-state index is 12.1. The number of carbonyl (C=O) groups is 1. The van der Waals surface area contributed by atoms with Gasteiger partial charge < -0.3 is 20.3 Å². The number of nitriles is 1. The first-order chi connectivity index (χ1) is 15.6. The Morgan fingerprint density at radius 2 is 1.94 bits per heavy atom. The molecule has 0 aliphatic carbocycles. The second-order valence-electron chi connectivity index (χ2n) is 7.41. The molecule has 1 aliphatic heterocycles. The Morgan fingerprint density at radius 1 is 1.16 bits per heavy atom. The summed E-state index contributed by atoms with van der Waals surface area (Å²) in [5, 5.41) is 14.4. The van der Waals surface area contributed by atoms with Gasteiger partial charge in [0.1, 0.15) is 6.54 Å². The Labute approximate surface area is 186 Å². The lowest BCUT2D eigenvalue weighted by atomic mass is 10.0. The molecular formula is C24H24N6O2. The number of ether oxygens (including phenoxy) is 1. The zero-order valence-corrected chi connectivity index (χ0v) is 17.8. The third-order valence-corrected chi connectivity index (χ3v) is 5.25. The molecule has 2 N–H and O–H groups in total. The summed E-state index contributed by atoms with van der Waals surface area (Å²) in [5.41, 5.74) is 5.16. The van der Waals surface area contributed by atoms with E-state index in [0.717, 1.165) is 48.8 Å². The number of rotatable bonds is 6. The Bertz CT molecular complexity index is 1130. The molecule has 0 saturated carbocycles. The average Bonchev–Trinajstić information content (AvgIpc) is 2.83. The SMILES string of the molecule is Cc1cc(C(=O)NCC#N)ccc1-c1ccnc(Nc2ccc(N3CCOCC3)cc2)n1. The van der Waals surface area contributed by atoms with Gasteiger partial charge in [-0.05, 0) is 55.0 Å². The predicted molar refractivity (Wildman–Crippen MR) is 123 cm³/mol. The molecular weight excluding hydrogens is 404 g/mol. The van der Waals surface area contributed by atoms with Gasteiger partial charge >= 0.3 is 0 Å². The molecule has 1 fully saturated rings. The molecule has 8 nitrogen and oxygen atoms in total. The molecule has 0 bridgehead atoms. The lowest BCUT2D eigenvalue weighted by Gasteiger charge is -2.28. The summed E-state index contributed by atoms with van der Waals surface area (Å²) in [6.07, 6.45) is 1.71. The third kappa shape index (κ3) is 5.02. The van der Waals surface area contributed by atoms with Crippen LogP contribution >= 0.6 is 0 Å². The molecule has 0 radical (unpaired) electrons. The van der Waals surface area contributed by atoms with Crippen LogP contribution in [0.3, 0.4) is 0 Å². The number of amides is 1. The summed E-state index contributed by atoms with van der Waals surface area (Å²) in [7, 11) is 0. The maximum Gasteiger partial charge on any atom is 0.252 e. The van der Waals surface area contributed by atoms with E-state index in [2.05, 4.69) is 37.6 Å². The largest absolute Gasteiger partial charge is 0.378 e. The van der Waals surface area contributed by atoms with Gasteiger partial charge in [0.2, 0.25) is 5.95 Å². The Kier molecular flexibility index (Phi) is 6.58. The normalized spacial score (nSPS) is 13.3. The molecule has 32 heavy (non-hydrogen) atoms. The molecule has 0 atom stereocenters. The summed E-state index contributed by atoms with van der Waals surface area (Å²) in [6.45, 7) is 5.22. The zero-order valence-electron chi connectivity index (χ0n) is 17.8. The van der Waals surface area contributed by atoms with E-state index in [1.807, 2.05) is 37.3 Å². The van der Waals surface area contributed by atoms with E-state index in [9.17, 15) is 4.79 Å². The molecule has 2 heterocycles. The van der Waals surface area contributed by atoms with Crippen LogP contribution in [0.25, 0.3) is 11.3 Å². The van der Waals surface area contributed by atoms with Gasteiger partial charge in [-0.3, -0.25) is 4.79 Å². The fourth-order valence-electron chi connectivity index (χ4n) is 3.59. The van der Waals surface area contributed by atoms with Gasteiger partial charge in [0.15, 0.2) is 0 Å². The highest BCUT2D eigenvalue weighted by Crippen LogP contribution is 2.25. The smallest absolute Gasteiger partial charge is 0.252 e. The summed E-state index contributed by atoms with van der Waals surface area (Å²) in [6, 6.07) is 17.3. The van der Waals surface area contributed by atoms with Gasteiger partial charge in [0.05, 0.1) is 25.0 Å². The van der Waals surface area contributed by atoms with Crippen LogP contribution in [0, 0.1) is 18.3 Å². The van der Waals surface area contributed by atoms with Crippen molar-refractivity contribution < 1.29 is 9.53 Å². The summed E-state index contributed by atoms with van der Waals surface area (Å²) < 4.78 is 5.41. The van der Waals surface area contributed by atoms with Gasteiger partial charge in [-0.25, -0.2) is 9.97 Å². The number of hydrogen-bond acceptors (Lipinski definition) is 7. The molecule has 3 aromatic rings. The van der Waals surface area contributed by atoms with Crippen LogP contribution in [-0.4, -0.2) is 48.7 Å². The lowest BCUT2D eigenvalue weighted by molar-refractivity contribution is 0.0958. The Hall–Kier alpha value is -3.96. The van der Waals surface area contributed by atoms with E-state index >= 15 is 0 Å². The van der Waals surface area contributed by atoms with E-state index in [1.165, 1.54) is 5.69 Å². The van der Waals surface area contributed by atoms with Crippen molar-refractivity contribution in [1.82, 2.24) is 15.3 Å². The molecule has 8 heteroatoms. The monoisotopic (exact) mass is 428 g/mol. The zero-order chi connectivity index (χ0) is 22.3. The van der Waals surface area contributed by atoms with E-state index in [-0.39, 0.29) is 12.5 Å². The summed E-state index contributed by atoms with van der Waals surface area (Å²) >= 11 is 0. The fourth-order valence-corrected chi connectivity index (χ4v) is 3.59. The van der Waals surface area contributed by atoms with Crippen LogP contribution in [0.5, 0.6) is 0 Å². The second-order valence-corrected chi connectivity index (χ2v) is 7.41. The number of nitrogens with zero attached hydrogens (tertiary/aromatic N) is 4. The van der Waals surface area contributed by atoms with E-state index in [4.69, 9.17) is 10.00 Å². The highest BCUT2D eigenvalue weighted by atomic mass is 16.5. The van der Waals surface area contributed by atoms with Crippen molar-refractivity contribution in [3.63, 3.8) is 0 Å². The van der Waals surface area contributed by atoms with Crippen molar-refractivity contribution in [1.29, 1.82) is 5.26 Å².